The van der Waals surface area contributed by atoms with Gasteiger partial charge in [-0.1, -0.05) is 29.3 Å². The molecule has 1 amide bonds. The van der Waals surface area contributed by atoms with Crippen molar-refractivity contribution in [3.8, 4) is 5.75 Å². The molecule has 0 aromatic heterocycles. The van der Waals surface area contributed by atoms with E-state index in [-0.39, 0.29) is 13.2 Å². The average molecular weight is 380 g/mol. The molecule has 0 bridgehead atoms. The minimum atomic E-state index is -0.480. The van der Waals surface area contributed by atoms with Crippen LogP contribution in [0.2, 0.25) is 10.0 Å². The third-order valence-corrected chi connectivity index (χ3v) is 4.19. The molecule has 0 saturated carbocycles. The number of ether oxygens (including phenoxy) is 2. The molecule has 2 aromatic carbocycles. The van der Waals surface area contributed by atoms with Crippen LogP contribution in [0.15, 0.2) is 42.5 Å². The molecular weight excluding hydrogens is 365 g/mol. The number of nitrogens with one attached hydrogen (secondary N) is 1. The van der Waals surface area contributed by atoms with Crippen LogP contribution in [-0.2, 0) is 20.7 Å². The van der Waals surface area contributed by atoms with Crippen molar-refractivity contribution in [2.75, 3.05) is 18.5 Å². The Kier molecular flexibility index (Phi) is 5.46. The van der Waals surface area contributed by atoms with Crippen LogP contribution in [-0.4, -0.2) is 25.1 Å². The van der Waals surface area contributed by atoms with E-state index in [1.807, 2.05) is 0 Å². The molecule has 0 radical (unpaired) electrons. The summed E-state index contributed by atoms with van der Waals surface area (Å²) in [7, 11) is 0. The number of esters is 1. The first-order chi connectivity index (χ1) is 12.0. The Labute approximate surface area is 154 Å². The third kappa shape index (κ3) is 4.65. The summed E-state index contributed by atoms with van der Waals surface area (Å²) in [6.45, 7) is -0.159. The highest BCUT2D eigenvalue weighted by molar-refractivity contribution is 6.31. The highest BCUT2D eigenvalue weighted by Crippen LogP contribution is 2.30. The quantitative estimate of drug-likeness (QED) is 0.822. The summed E-state index contributed by atoms with van der Waals surface area (Å²) in [6, 6.07) is 12.0. The van der Waals surface area contributed by atoms with Crippen molar-refractivity contribution in [1.29, 1.82) is 0 Å². The van der Waals surface area contributed by atoms with Crippen LogP contribution in [0.3, 0.4) is 0 Å². The van der Waals surface area contributed by atoms with Gasteiger partial charge in [0.05, 0.1) is 5.92 Å². The van der Waals surface area contributed by atoms with E-state index in [1.54, 1.807) is 42.5 Å². The van der Waals surface area contributed by atoms with E-state index in [4.69, 9.17) is 32.7 Å². The Hall–Kier alpha value is -2.24. The largest absolute Gasteiger partial charge is 0.492 e. The van der Waals surface area contributed by atoms with E-state index in [1.165, 1.54) is 0 Å². The van der Waals surface area contributed by atoms with Gasteiger partial charge in [0.15, 0.2) is 6.61 Å². The fourth-order valence-corrected chi connectivity index (χ4v) is 2.92. The van der Waals surface area contributed by atoms with Crippen molar-refractivity contribution < 1.29 is 19.1 Å². The summed E-state index contributed by atoms with van der Waals surface area (Å²) in [5, 5.41) is 3.70. The number of anilines is 1. The molecule has 0 aliphatic carbocycles. The maximum absolute atomic E-state index is 12.2. The van der Waals surface area contributed by atoms with Crippen molar-refractivity contribution in [3.05, 3.63) is 58.1 Å². The number of hydrogen-bond acceptors (Lipinski definition) is 4. The smallest absolute Gasteiger partial charge is 0.313 e. The van der Waals surface area contributed by atoms with Crippen molar-refractivity contribution in [1.82, 2.24) is 0 Å². The van der Waals surface area contributed by atoms with E-state index >= 15 is 0 Å². The molecule has 1 aliphatic rings. The molecule has 1 N–H and O–H groups in total. The van der Waals surface area contributed by atoms with Crippen LogP contribution >= 0.6 is 23.2 Å². The van der Waals surface area contributed by atoms with Crippen LogP contribution in [0, 0.1) is 5.92 Å². The van der Waals surface area contributed by atoms with Crippen LogP contribution in [0.25, 0.3) is 0 Å². The molecule has 3 rings (SSSR count). The number of benzene rings is 2. The Bertz CT molecular complexity index is 809. The zero-order valence-electron chi connectivity index (χ0n) is 13.1. The van der Waals surface area contributed by atoms with Gasteiger partial charge in [-0.15, -0.1) is 0 Å². The predicted octanol–water partition coefficient (Wildman–Crippen LogP) is 3.73. The molecule has 1 atom stereocenters. The highest BCUT2D eigenvalue weighted by Gasteiger charge is 2.27. The number of halogens is 2. The Morgan fingerprint density at radius 3 is 2.76 bits per heavy atom. The lowest BCUT2D eigenvalue weighted by atomic mass is 9.97. The molecule has 5 nitrogen and oxygen atoms in total. The molecular formula is C18H15Cl2NO4. The molecule has 0 spiro atoms. The second kappa shape index (κ2) is 7.76. The molecule has 7 heteroatoms. The summed E-state index contributed by atoms with van der Waals surface area (Å²) in [4.78, 5) is 24.0. The molecule has 0 fully saturated rings. The van der Waals surface area contributed by atoms with Crippen molar-refractivity contribution in [2.45, 2.75) is 6.42 Å². The van der Waals surface area contributed by atoms with Crippen LogP contribution in [0.4, 0.5) is 5.69 Å². The molecule has 25 heavy (non-hydrogen) atoms. The highest BCUT2D eigenvalue weighted by atomic mass is 35.5. The van der Waals surface area contributed by atoms with Crippen LogP contribution in [0.5, 0.6) is 5.75 Å². The fourth-order valence-electron chi connectivity index (χ4n) is 2.53. The predicted molar refractivity (Wildman–Crippen MR) is 95.2 cm³/mol. The number of carbonyl (C=O) groups is 2. The fraction of sp³-hybridized carbons (Fsp3) is 0.222. The number of rotatable bonds is 4. The van der Waals surface area contributed by atoms with E-state index in [2.05, 4.69) is 5.32 Å². The van der Waals surface area contributed by atoms with Gasteiger partial charge in [-0.2, -0.15) is 0 Å². The Morgan fingerprint density at radius 1 is 1.16 bits per heavy atom. The lowest BCUT2D eigenvalue weighted by Gasteiger charge is -2.24. The van der Waals surface area contributed by atoms with Gasteiger partial charge in [0.2, 0.25) is 0 Å². The van der Waals surface area contributed by atoms with Gasteiger partial charge in [-0.25, -0.2) is 0 Å². The maximum atomic E-state index is 12.2. The second-order valence-electron chi connectivity index (χ2n) is 5.63. The molecule has 0 unspecified atom stereocenters. The van der Waals surface area contributed by atoms with Crippen molar-refractivity contribution in [3.63, 3.8) is 0 Å². The summed E-state index contributed by atoms with van der Waals surface area (Å²) in [5.41, 5.74) is 1.39. The molecule has 1 heterocycles. The molecule has 2 aromatic rings. The van der Waals surface area contributed by atoms with Gasteiger partial charge in [0, 0.05) is 15.7 Å². The third-order valence-electron chi connectivity index (χ3n) is 3.72. The van der Waals surface area contributed by atoms with Gasteiger partial charge < -0.3 is 14.8 Å². The van der Waals surface area contributed by atoms with Crippen molar-refractivity contribution in [2.24, 2.45) is 5.92 Å². The summed E-state index contributed by atoms with van der Waals surface area (Å²) >= 11 is 11.8. The first kappa shape index (κ1) is 17.6. The first-order valence-corrected chi connectivity index (χ1v) is 8.40. The Balaban J connectivity index is 1.52. The van der Waals surface area contributed by atoms with Gasteiger partial charge in [-0.05, 0) is 48.4 Å². The van der Waals surface area contributed by atoms with E-state index in [0.29, 0.717) is 27.9 Å². The lowest BCUT2D eigenvalue weighted by Crippen LogP contribution is -2.31. The zero-order valence-corrected chi connectivity index (χ0v) is 14.6. The molecule has 130 valence electrons. The number of hydrogen-bond donors (Lipinski definition) is 1. The van der Waals surface area contributed by atoms with Gasteiger partial charge in [-0.3, -0.25) is 9.59 Å². The minimum absolute atomic E-state index is 0.212. The van der Waals surface area contributed by atoms with Crippen LogP contribution in [0.1, 0.15) is 5.56 Å². The van der Waals surface area contributed by atoms with E-state index < -0.39 is 17.8 Å². The average Bonchev–Trinajstić information content (AvgIpc) is 2.59. The van der Waals surface area contributed by atoms with E-state index in [0.717, 1.165) is 5.56 Å². The Morgan fingerprint density at radius 2 is 1.96 bits per heavy atom. The monoisotopic (exact) mass is 379 g/mol. The summed E-state index contributed by atoms with van der Waals surface area (Å²) in [6.07, 6.45) is 0.463. The normalized spacial score (nSPS) is 15.7. The minimum Gasteiger partial charge on any atom is -0.492 e. The number of amides is 1. The summed E-state index contributed by atoms with van der Waals surface area (Å²) in [5.74, 6) is -0.667. The number of carbonyl (C=O) groups excluding carboxylic acids is 2. The van der Waals surface area contributed by atoms with Crippen molar-refractivity contribution >= 4 is 40.8 Å². The lowest BCUT2D eigenvalue weighted by molar-refractivity contribution is -0.152. The zero-order chi connectivity index (χ0) is 17.8. The number of fused-ring (bicyclic) bond motifs is 1. The molecule has 1 aliphatic heterocycles. The first-order valence-electron chi connectivity index (χ1n) is 7.64. The van der Waals surface area contributed by atoms with Crippen LogP contribution < -0.4 is 10.1 Å². The van der Waals surface area contributed by atoms with Gasteiger partial charge >= 0.3 is 5.97 Å². The van der Waals surface area contributed by atoms with E-state index in [9.17, 15) is 9.59 Å². The SMILES string of the molecule is O=C(COC(=O)[C@@H]1COc2ccc(Cl)cc2C1)Nc1cccc(Cl)c1. The van der Waals surface area contributed by atoms with Gasteiger partial charge in [0.1, 0.15) is 12.4 Å². The second-order valence-corrected chi connectivity index (χ2v) is 6.50. The maximum Gasteiger partial charge on any atom is 0.313 e. The van der Waals surface area contributed by atoms with Gasteiger partial charge in [0.25, 0.3) is 5.91 Å². The topological polar surface area (TPSA) is 64.6 Å². The molecule has 0 saturated heterocycles. The standard InChI is InChI=1S/C18H15Cl2NO4/c19-13-2-1-3-15(8-13)21-17(22)10-25-18(23)12-6-11-7-14(20)4-5-16(11)24-9-12/h1-5,7-8,12H,6,9-10H2,(H,21,22)/t12-/m0/s1. The summed E-state index contributed by atoms with van der Waals surface area (Å²) < 4.78 is 10.6.